The van der Waals surface area contributed by atoms with Crippen LogP contribution in [-0.4, -0.2) is 60.4 Å². The van der Waals surface area contributed by atoms with Crippen LogP contribution in [0.1, 0.15) is 0 Å². The van der Waals surface area contributed by atoms with Crippen molar-refractivity contribution in [2.24, 2.45) is 5.73 Å². The molecular weight excluding hydrogens is 232 g/mol. The van der Waals surface area contributed by atoms with Crippen LogP contribution >= 0.6 is 0 Å². The van der Waals surface area contributed by atoms with Crippen LogP contribution in [0.2, 0.25) is 0 Å². The molecule has 1 aliphatic rings. The molecule has 0 aromatic carbocycles. The van der Waals surface area contributed by atoms with Crippen LogP contribution in [0.3, 0.4) is 0 Å². The lowest BCUT2D eigenvalue weighted by Crippen LogP contribution is -2.69. The Bertz CT molecular complexity index is 294. The van der Waals surface area contributed by atoms with Crippen LogP contribution in [0, 0.1) is 0 Å². The Labute approximate surface area is 97.3 Å². The van der Waals surface area contributed by atoms with Gasteiger partial charge in [0.15, 0.2) is 0 Å². The average Bonchev–Trinajstić information content (AvgIpc) is 2.29. The Morgan fingerprint density at radius 1 is 1.59 bits per heavy atom. The predicted octanol–water partition coefficient (Wildman–Crippen LogP) is -3.67. The molecule has 1 amide bonds. The van der Waals surface area contributed by atoms with Crippen LogP contribution in [0.25, 0.3) is 0 Å². The second kappa shape index (κ2) is 5.89. The van der Waals surface area contributed by atoms with Crippen molar-refractivity contribution in [3.05, 3.63) is 0 Å². The monoisotopic (exact) mass is 248 g/mol. The van der Waals surface area contributed by atoms with Gasteiger partial charge in [0.1, 0.15) is 6.23 Å². The maximum atomic E-state index is 11.0. The summed E-state index contributed by atoms with van der Waals surface area (Å²) >= 11 is 0. The summed E-state index contributed by atoms with van der Waals surface area (Å²) in [6.07, 6.45) is -0.720. The van der Waals surface area contributed by atoms with Gasteiger partial charge in [-0.2, -0.15) is 0 Å². The minimum atomic E-state index is -2.60. The zero-order valence-corrected chi connectivity index (χ0v) is 9.10. The molecule has 1 aliphatic heterocycles. The number of aliphatic hydroxyl groups is 1. The topological polar surface area (TPSA) is 146 Å². The summed E-state index contributed by atoms with van der Waals surface area (Å²) in [6.45, 7) is 0.895. The van der Waals surface area contributed by atoms with Crippen LogP contribution < -0.4 is 21.7 Å². The molecule has 2 unspecified atom stereocenters. The van der Waals surface area contributed by atoms with Crippen molar-refractivity contribution in [3.8, 4) is 0 Å². The van der Waals surface area contributed by atoms with Gasteiger partial charge >= 0.3 is 5.97 Å². The highest BCUT2D eigenvalue weighted by Gasteiger charge is 2.40. The van der Waals surface area contributed by atoms with E-state index in [1.54, 1.807) is 0 Å². The van der Waals surface area contributed by atoms with E-state index in [-0.39, 0.29) is 0 Å². The molecule has 0 aromatic heterocycles. The molecule has 1 saturated heterocycles. The minimum absolute atomic E-state index is 0.314. The fourth-order valence-electron chi connectivity index (χ4n) is 1.30. The number of rotatable bonds is 5. The van der Waals surface area contributed by atoms with E-state index in [0.29, 0.717) is 19.7 Å². The number of carbonyl (C=O) groups is 2. The number of hydrogen-bond acceptors (Lipinski definition) is 7. The molecular formula is C8H16N4O5. The van der Waals surface area contributed by atoms with E-state index < -0.39 is 30.5 Å². The Balaban J connectivity index is 2.63. The molecule has 17 heavy (non-hydrogen) atoms. The summed E-state index contributed by atoms with van der Waals surface area (Å²) in [6, 6.07) is 0. The normalized spacial score (nSPS) is 23.8. The number of carboxylic acids is 1. The zero-order valence-electron chi connectivity index (χ0n) is 9.10. The Morgan fingerprint density at radius 2 is 2.29 bits per heavy atom. The predicted molar refractivity (Wildman–Crippen MR) is 55.5 cm³/mol. The van der Waals surface area contributed by atoms with Gasteiger partial charge in [-0.1, -0.05) is 0 Å². The van der Waals surface area contributed by atoms with Gasteiger partial charge in [0.05, 0.1) is 13.2 Å². The molecule has 0 aromatic rings. The maximum absolute atomic E-state index is 11.0. The molecule has 0 radical (unpaired) electrons. The van der Waals surface area contributed by atoms with Gasteiger partial charge in [0, 0.05) is 13.1 Å². The SMILES string of the molecule is NCC(=O)NC(O)(NC1CNCCO1)C(=O)O. The Morgan fingerprint density at radius 3 is 2.76 bits per heavy atom. The summed E-state index contributed by atoms with van der Waals surface area (Å²) in [7, 11) is 0. The van der Waals surface area contributed by atoms with Crippen molar-refractivity contribution in [3.63, 3.8) is 0 Å². The lowest BCUT2D eigenvalue weighted by molar-refractivity contribution is -0.178. The van der Waals surface area contributed by atoms with Crippen LogP contribution in [-0.2, 0) is 14.3 Å². The summed E-state index contributed by atoms with van der Waals surface area (Å²) in [5, 5.41) is 25.7. The van der Waals surface area contributed by atoms with Crippen molar-refractivity contribution < 1.29 is 24.5 Å². The lowest BCUT2D eigenvalue weighted by Gasteiger charge is -2.32. The molecule has 1 heterocycles. The number of carboxylic acid groups (broad SMARTS) is 1. The van der Waals surface area contributed by atoms with Gasteiger partial charge in [-0.05, 0) is 0 Å². The molecule has 1 fully saturated rings. The molecule has 7 N–H and O–H groups in total. The third kappa shape index (κ3) is 3.91. The van der Waals surface area contributed by atoms with E-state index in [4.69, 9.17) is 15.6 Å². The van der Waals surface area contributed by atoms with Crippen molar-refractivity contribution in [2.45, 2.75) is 12.1 Å². The molecule has 0 aliphatic carbocycles. The first-order valence-electron chi connectivity index (χ1n) is 5.05. The standard InChI is InChI=1S/C8H16N4O5/c9-3-5(13)11-8(16,7(14)15)12-6-4-10-1-2-17-6/h6,10,12,16H,1-4,9H2,(H,11,13)(H,14,15). The van der Waals surface area contributed by atoms with Gasteiger partial charge in [0.2, 0.25) is 5.91 Å². The van der Waals surface area contributed by atoms with Gasteiger partial charge < -0.3 is 31.3 Å². The molecule has 1 rings (SSSR count). The molecule has 98 valence electrons. The van der Waals surface area contributed by atoms with E-state index in [0.717, 1.165) is 0 Å². The van der Waals surface area contributed by atoms with Crippen LogP contribution in [0.5, 0.6) is 0 Å². The summed E-state index contributed by atoms with van der Waals surface area (Å²) in [4.78, 5) is 21.9. The average molecular weight is 248 g/mol. The number of nitrogens with one attached hydrogen (secondary N) is 3. The highest BCUT2D eigenvalue weighted by molar-refractivity contribution is 5.86. The van der Waals surface area contributed by atoms with Crippen molar-refractivity contribution in [2.75, 3.05) is 26.2 Å². The van der Waals surface area contributed by atoms with E-state index >= 15 is 0 Å². The number of amides is 1. The molecule has 0 spiro atoms. The molecule has 0 saturated carbocycles. The lowest BCUT2D eigenvalue weighted by atomic mass is 10.3. The highest BCUT2D eigenvalue weighted by Crippen LogP contribution is 2.01. The largest absolute Gasteiger partial charge is 0.477 e. The molecule has 9 nitrogen and oxygen atoms in total. The summed E-state index contributed by atoms with van der Waals surface area (Å²) < 4.78 is 5.16. The fourth-order valence-corrected chi connectivity index (χ4v) is 1.30. The summed E-state index contributed by atoms with van der Waals surface area (Å²) in [5.41, 5.74) is 5.03. The Hall–Kier alpha value is -1.26. The van der Waals surface area contributed by atoms with Gasteiger partial charge in [-0.15, -0.1) is 0 Å². The first-order valence-corrected chi connectivity index (χ1v) is 5.05. The van der Waals surface area contributed by atoms with Crippen LogP contribution in [0.15, 0.2) is 0 Å². The van der Waals surface area contributed by atoms with Crippen molar-refractivity contribution >= 4 is 11.9 Å². The minimum Gasteiger partial charge on any atom is -0.477 e. The van der Waals surface area contributed by atoms with E-state index in [1.807, 2.05) is 5.32 Å². The highest BCUT2D eigenvalue weighted by atomic mass is 16.5. The van der Waals surface area contributed by atoms with Crippen molar-refractivity contribution in [1.29, 1.82) is 0 Å². The first-order chi connectivity index (χ1) is 7.98. The van der Waals surface area contributed by atoms with Gasteiger partial charge in [-0.25, -0.2) is 10.1 Å². The number of ether oxygens (including phenoxy) is 1. The Kier molecular flexibility index (Phi) is 4.78. The number of aliphatic carboxylic acids is 1. The van der Waals surface area contributed by atoms with E-state index in [9.17, 15) is 14.7 Å². The zero-order chi connectivity index (χ0) is 12.9. The quantitative estimate of drug-likeness (QED) is 0.273. The molecule has 9 heteroatoms. The van der Waals surface area contributed by atoms with E-state index in [2.05, 4.69) is 10.6 Å². The molecule has 0 bridgehead atoms. The van der Waals surface area contributed by atoms with Gasteiger partial charge in [0.25, 0.3) is 5.85 Å². The molecule has 2 atom stereocenters. The summed E-state index contributed by atoms with van der Waals surface area (Å²) in [5.74, 6) is -5.04. The number of carbonyl (C=O) groups excluding carboxylic acids is 1. The second-order valence-electron chi connectivity index (χ2n) is 3.48. The first kappa shape index (κ1) is 13.8. The maximum Gasteiger partial charge on any atom is 0.374 e. The fraction of sp³-hybridized carbons (Fsp3) is 0.750. The third-order valence-corrected chi connectivity index (χ3v) is 2.11. The van der Waals surface area contributed by atoms with Gasteiger partial charge in [-0.3, -0.25) is 4.79 Å². The van der Waals surface area contributed by atoms with E-state index in [1.165, 1.54) is 0 Å². The van der Waals surface area contributed by atoms with Crippen LogP contribution in [0.4, 0.5) is 0 Å². The third-order valence-electron chi connectivity index (χ3n) is 2.11. The number of hydrogen-bond donors (Lipinski definition) is 6. The number of morpholine rings is 1. The second-order valence-corrected chi connectivity index (χ2v) is 3.48. The number of nitrogens with two attached hydrogens (primary N) is 1. The smallest absolute Gasteiger partial charge is 0.374 e. The van der Waals surface area contributed by atoms with Crippen molar-refractivity contribution in [1.82, 2.24) is 16.0 Å².